The van der Waals surface area contributed by atoms with Crippen molar-refractivity contribution in [2.45, 2.75) is 31.7 Å². The van der Waals surface area contributed by atoms with Crippen molar-refractivity contribution in [2.24, 2.45) is 0 Å². The molecular formula is C15H18N8O2S. The van der Waals surface area contributed by atoms with Gasteiger partial charge in [0.2, 0.25) is 11.0 Å². The Kier molecular flexibility index (Phi) is 4.47. The number of amides is 1. The average molecular weight is 374 g/mol. The Morgan fingerprint density at radius 1 is 1.35 bits per heavy atom. The van der Waals surface area contributed by atoms with E-state index in [4.69, 9.17) is 10.5 Å². The highest BCUT2D eigenvalue weighted by Gasteiger charge is 2.23. The second-order valence-electron chi connectivity index (χ2n) is 6.08. The first-order valence-corrected chi connectivity index (χ1v) is 9.10. The van der Waals surface area contributed by atoms with Crippen LogP contribution in [-0.4, -0.2) is 48.8 Å². The van der Waals surface area contributed by atoms with E-state index in [9.17, 15) is 4.79 Å². The molecule has 1 aliphatic heterocycles. The van der Waals surface area contributed by atoms with E-state index in [1.165, 1.54) is 24.0 Å². The van der Waals surface area contributed by atoms with Crippen LogP contribution in [0.5, 0.6) is 0 Å². The molecule has 1 saturated heterocycles. The minimum Gasteiger partial charge on any atom is -0.382 e. The van der Waals surface area contributed by atoms with Gasteiger partial charge in [-0.2, -0.15) is 0 Å². The van der Waals surface area contributed by atoms with Gasteiger partial charge in [-0.15, -0.1) is 10.2 Å². The zero-order chi connectivity index (χ0) is 18.1. The lowest BCUT2D eigenvalue weighted by atomic mass is 10.0. The van der Waals surface area contributed by atoms with Crippen LogP contribution in [0.25, 0.3) is 11.2 Å². The second kappa shape index (κ2) is 6.92. The van der Waals surface area contributed by atoms with Gasteiger partial charge in [-0.25, -0.2) is 15.0 Å². The largest absolute Gasteiger partial charge is 0.382 e. The fraction of sp³-hybridized carbons (Fsp3) is 0.467. The molecule has 1 amide bonds. The average Bonchev–Trinajstić information content (AvgIpc) is 3.30. The first-order valence-electron chi connectivity index (χ1n) is 8.28. The molecule has 3 aromatic rings. The van der Waals surface area contributed by atoms with E-state index in [0.717, 1.165) is 31.1 Å². The lowest BCUT2D eigenvalue weighted by molar-refractivity contribution is -0.118. The molecule has 10 nitrogen and oxygen atoms in total. The van der Waals surface area contributed by atoms with E-state index in [1.54, 1.807) is 11.5 Å². The number of nitrogens with one attached hydrogen (secondary N) is 1. The predicted octanol–water partition coefficient (Wildman–Crippen LogP) is 1.35. The summed E-state index contributed by atoms with van der Waals surface area (Å²) in [5.74, 6) is 0.407. The third kappa shape index (κ3) is 3.10. The van der Waals surface area contributed by atoms with Crippen molar-refractivity contribution >= 4 is 39.4 Å². The van der Waals surface area contributed by atoms with Gasteiger partial charge in [0.1, 0.15) is 22.9 Å². The summed E-state index contributed by atoms with van der Waals surface area (Å²) in [6.07, 6.45) is 4.75. The molecule has 4 heterocycles. The minimum atomic E-state index is -0.537. The number of imidazole rings is 1. The Hall–Kier alpha value is -2.66. The molecule has 1 atom stereocenters. The molecule has 0 aromatic carbocycles. The number of aromatic nitrogens is 6. The maximum atomic E-state index is 12.6. The Morgan fingerprint density at radius 2 is 2.15 bits per heavy atom. The van der Waals surface area contributed by atoms with Gasteiger partial charge < -0.3 is 15.0 Å². The maximum absolute atomic E-state index is 12.6. The number of hydrogen-bond donors (Lipinski definition) is 2. The van der Waals surface area contributed by atoms with Gasteiger partial charge in [-0.1, -0.05) is 11.3 Å². The van der Waals surface area contributed by atoms with Crippen LogP contribution in [0.3, 0.4) is 0 Å². The smallest absolute Gasteiger partial charge is 0.249 e. The Labute approximate surface area is 152 Å². The topological polar surface area (TPSA) is 134 Å². The van der Waals surface area contributed by atoms with Crippen LogP contribution in [0.4, 0.5) is 10.9 Å². The summed E-state index contributed by atoms with van der Waals surface area (Å²) < 4.78 is 7.02. The molecule has 26 heavy (non-hydrogen) atoms. The molecule has 4 rings (SSSR count). The Morgan fingerprint density at radius 3 is 2.96 bits per heavy atom. The van der Waals surface area contributed by atoms with Crippen molar-refractivity contribution in [1.29, 1.82) is 0 Å². The van der Waals surface area contributed by atoms with E-state index in [0.29, 0.717) is 22.2 Å². The van der Waals surface area contributed by atoms with Crippen molar-refractivity contribution in [2.75, 3.05) is 24.3 Å². The number of anilines is 2. The molecule has 3 N–H and O–H groups in total. The Balaban J connectivity index is 1.49. The summed E-state index contributed by atoms with van der Waals surface area (Å²) in [7, 11) is 0. The van der Waals surface area contributed by atoms with Gasteiger partial charge in [-0.05, 0) is 19.8 Å². The molecule has 0 spiro atoms. The highest BCUT2D eigenvalue weighted by Crippen LogP contribution is 2.31. The molecule has 1 fully saturated rings. The lowest BCUT2D eigenvalue weighted by Crippen LogP contribution is -2.23. The third-order valence-electron chi connectivity index (χ3n) is 4.43. The summed E-state index contributed by atoms with van der Waals surface area (Å²) >= 11 is 1.41. The molecule has 1 unspecified atom stereocenters. The van der Waals surface area contributed by atoms with Gasteiger partial charge in [0.25, 0.3) is 0 Å². The van der Waals surface area contributed by atoms with Crippen LogP contribution in [-0.2, 0) is 9.53 Å². The van der Waals surface area contributed by atoms with E-state index in [1.807, 2.05) is 0 Å². The van der Waals surface area contributed by atoms with Crippen LogP contribution < -0.4 is 11.1 Å². The molecule has 136 valence electrons. The number of carbonyl (C=O) groups excluding carboxylic acids is 1. The molecule has 1 aliphatic rings. The van der Waals surface area contributed by atoms with E-state index < -0.39 is 6.04 Å². The Bertz CT molecular complexity index is 933. The third-order valence-corrected chi connectivity index (χ3v) is 5.43. The number of ether oxygens (including phenoxy) is 1. The van der Waals surface area contributed by atoms with E-state index >= 15 is 0 Å². The van der Waals surface area contributed by atoms with E-state index in [-0.39, 0.29) is 11.7 Å². The SMILES string of the molecule is CC(C(=O)Nc1nnc(C2CCOCC2)s1)n1cnc2c(N)ncnc21. The van der Waals surface area contributed by atoms with Gasteiger partial charge in [0, 0.05) is 19.1 Å². The van der Waals surface area contributed by atoms with Crippen LogP contribution >= 0.6 is 11.3 Å². The van der Waals surface area contributed by atoms with Crippen LogP contribution in [0, 0.1) is 0 Å². The number of nitrogens with two attached hydrogens (primary N) is 1. The van der Waals surface area contributed by atoms with Gasteiger partial charge in [0.05, 0.1) is 6.33 Å². The van der Waals surface area contributed by atoms with Crippen molar-refractivity contribution in [3.63, 3.8) is 0 Å². The monoisotopic (exact) mass is 374 g/mol. The van der Waals surface area contributed by atoms with Gasteiger partial charge >= 0.3 is 0 Å². The maximum Gasteiger partial charge on any atom is 0.249 e. The highest BCUT2D eigenvalue weighted by atomic mass is 32.1. The standard InChI is InChI=1S/C15H18N8O2S/c1-8(23-7-19-10-11(16)17-6-18-12(10)23)13(24)20-15-22-21-14(26-15)9-2-4-25-5-3-9/h6-9H,2-5H2,1H3,(H2,16,17,18)(H,20,22,24). The number of rotatable bonds is 4. The number of carbonyl (C=O) groups is 1. The molecule has 0 radical (unpaired) electrons. The molecule has 0 aliphatic carbocycles. The zero-order valence-corrected chi connectivity index (χ0v) is 14.9. The normalized spacial score (nSPS) is 16.7. The van der Waals surface area contributed by atoms with E-state index in [2.05, 4.69) is 30.5 Å². The molecule has 0 saturated carbocycles. The fourth-order valence-electron chi connectivity index (χ4n) is 2.88. The van der Waals surface area contributed by atoms with Crippen molar-refractivity contribution in [3.8, 4) is 0 Å². The number of nitrogen functional groups attached to an aromatic ring is 1. The van der Waals surface area contributed by atoms with Gasteiger partial charge in [-0.3, -0.25) is 10.1 Å². The fourth-order valence-corrected chi connectivity index (χ4v) is 3.80. The molecule has 11 heteroatoms. The second-order valence-corrected chi connectivity index (χ2v) is 7.09. The van der Waals surface area contributed by atoms with Gasteiger partial charge in [0.15, 0.2) is 11.5 Å². The molecular weight excluding hydrogens is 356 g/mol. The van der Waals surface area contributed by atoms with Crippen LogP contribution in [0.15, 0.2) is 12.7 Å². The quantitative estimate of drug-likeness (QED) is 0.699. The first kappa shape index (κ1) is 16.8. The zero-order valence-electron chi connectivity index (χ0n) is 14.1. The van der Waals surface area contributed by atoms with Crippen molar-refractivity contribution < 1.29 is 9.53 Å². The molecule has 0 bridgehead atoms. The van der Waals surface area contributed by atoms with Crippen molar-refractivity contribution in [1.82, 2.24) is 29.7 Å². The molecule has 3 aromatic heterocycles. The number of fused-ring (bicyclic) bond motifs is 1. The highest BCUT2D eigenvalue weighted by molar-refractivity contribution is 7.15. The summed E-state index contributed by atoms with van der Waals surface area (Å²) in [5, 5.41) is 12.6. The summed E-state index contributed by atoms with van der Waals surface area (Å²) in [4.78, 5) is 24.9. The number of hydrogen-bond acceptors (Lipinski definition) is 9. The van der Waals surface area contributed by atoms with Crippen molar-refractivity contribution in [3.05, 3.63) is 17.7 Å². The summed E-state index contributed by atoms with van der Waals surface area (Å²) in [6, 6.07) is -0.537. The van der Waals surface area contributed by atoms with Crippen LogP contribution in [0.2, 0.25) is 0 Å². The minimum absolute atomic E-state index is 0.226. The van der Waals surface area contributed by atoms with Crippen LogP contribution in [0.1, 0.15) is 36.7 Å². The first-order chi connectivity index (χ1) is 12.6. The lowest BCUT2D eigenvalue weighted by Gasteiger charge is -2.19. The number of nitrogens with zero attached hydrogens (tertiary/aromatic N) is 6. The summed E-state index contributed by atoms with van der Waals surface area (Å²) in [6.45, 7) is 3.23. The predicted molar refractivity (Wildman–Crippen MR) is 95.8 cm³/mol. The summed E-state index contributed by atoms with van der Waals surface area (Å²) in [5.41, 5.74) is 6.78.